The van der Waals surface area contributed by atoms with E-state index in [1.54, 1.807) is 18.5 Å². The first-order valence-electron chi connectivity index (χ1n) is 8.79. The molecular weight excluding hydrogens is 320 g/mol. The molecular formula is C17H24N6O2. The number of rotatable bonds is 7. The lowest BCUT2D eigenvalue weighted by atomic mass is 10.2. The average Bonchev–Trinajstić information content (AvgIpc) is 3.28. The molecule has 1 amide bonds. The van der Waals surface area contributed by atoms with Crippen LogP contribution < -0.4 is 5.32 Å². The maximum Gasteiger partial charge on any atom is 0.229 e. The van der Waals surface area contributed by atoms with Crippen molar-refractivity contribution in [2.45, 2.75) is 51.5 Å². The Morgan fingerprint density at radius 3 is 2.92 bits per heavy atom. The molecule has 3 heterocycles. The van der Waals surface area contributed by atoms with E-state index in [9.17, 15) is 4.79 Å². The molecule has 0 spiro atoms. The highest BCUT2D eigenvalue weighted by molar-refractivity contribution is 5.76. The fourth-order valence-electron chi connectivity index (χ4n) is 2.92. The third-order valence-corrected chi connectivity index (χ3v) is 4.24. The van der Waals surface area contributed by atoms with Crippen LogP contribution in [-0.2, 0) is 4.79 Å². The molecule has 3 rings (SSSR count). The van der Waals surface area contributed by atoms with Crippen molar-refractivity contribution in [1.29, 1.82) is 0 Å². The Balaban J connectivity index is 1.50. The third kappa shape index (κ3) is 4.32. The number of anilines is 1. The standard InChI is InChI=1S/C17H24N6O2/c1-12(2)16-21-15(22-25-16)13-6-4-11-23(13)14(24)7-3-8-18-17-19-9-5-10-20-17/h5,9-10,12-13H,3-4,6-8,11H2,1-2H3,(H,18,19,20)/t13-/m0/s1. The molecule has 8 heteroatoms. The summed E-state index contributed by atoms with van der Waals surface area (Å²) >= 11 is 0. The molecule has 1 N–H and O–H groups in total. The van der Waals surface area contributed by atoms with Crippen molar-refractivity contribution in [1.82, 2.24) is 25.0 Å². The van der Waals surface area contributed by atoms with Crippen LogP contribution in [-0.4, -0.2) is 44.0 Å². The van der Waals surface area contributed by atoms with E-state index < -0.39 is 0 Å². The van der Waals surface area contributed by atoms with Gasteiger partial charge in [-0.3, -0.25) is 4.79 Å². The van der Waals surface area contributed by atoms with Gasteiger partial charge in [-0.05, 0) is 25.3 Å². The number of aromatic nitrogens is 4. The van der Waals surface area contributed by atoms with E-state index in [4.69, 9.17) is 4.52 Å². The number of hydrogen-bond acceptors (Lipinski definition) is 7. The average molecular weight is 344 g/mol. The predicted octanol–water partition coefficient (Wildman–Crippen LogP) is 2.54. The van der Waals surface area contributed by atoms with Gasteiger partial charge in [0.2, 0.25) is 17.7 Å². The molecule has 134 valence electrons. The fraction of sp³-hybridized carbons (Fsp3) is 0.588. The van der Waals surface area contributed by atoms with Gasteiger partial charge in [0, 0.05) is 37.8 Å². The van der Waals surface area contributed by atoms with Crippen molar-refractivity contribution in [2.24, 2.45) is 0 Å². The van der Waals surface area contributed by atoms with E-state index in [-0.39, 0.29) is 17.9 Å². The van der Waals surface area contributed by atoms with Crippen molar-refractivity contribution in [3.05, 3.63) is 30.2 Å². The van der Waals surface area contributed by atoms with E-state index in [0.717, 1.165) is 25.8 Å². The largest absolute Gasteiger partial charge is 0.354 e. The van der Waals surface area contributed by atoms with Crippen LogP contribution in [0.2, 0.25) is 0 Å². The molecule has 2 aromatic heterocycles. The fourth-order valence-corrected chi connectivity index (χ4v) is 2.92. The number of carbonyl (C=O) groups is 1. The first kappa shape index (κ1) is 17.3. The summed E-state index contributed by atoms with van der Waals surface area (Å²) in [6, 6.07) is 1.71. The van der Waals surface area contributed by atoms with E-state index >= 15 is 0 Å². The lowest BCUT2D eigenvalue weighted by Crippen LogP contribution is -2.31. The first-order chi connectivity index (χ1) is 12.1. The molecule has 1 aliphatic rings. The highest BCUT2D eigenvalue weighted by atomic mass is 16.5. The van der Waals surface area contributed by atoms with Crippen LogP contribution in [0.15, 0.2) is 23.0 Å². The Kier molecular flexibility index (Phi) is 5.57. The number of likely N-dealkylation sites (tertiary alicyclic amines) is 1. The zero-order valence-corrected chi connectivity index (χ0v) is 14.7. The Bertz CT molecular complexity index is 687. The second-order valence-corrected chi connectivity index (χ2v) is 6.49. The molecule has 25 heavy (non-hydrogen) atoms. The smallest absolute Gasteiger partial charge is 0.229 e. The molecule has 8 nitrogen and oxygen atoms in total. The van der Waals surface area contributed by atoms with Gasteiger partial charge in [-0.1, -0.05) is 19.0 Å². The highest BCUT2D eigenvalue weighted by Gasteiger charge is 2.33. The normalized spacial score (nSPS) is 17.2. The minimum Gasteiger partial charge on any atom is -0.354 e. The van der Waals surface area contributed by atoms with Crippen molar-refractivity contribution in [2.75, 3.05) is 18.4 Å². The Hall–Kier alpha value is -2.51. The summed E-state index contributed by atoms with van der Waals surface area (Å²) in [5.41, 5.74) is 0. The Morgan fingerprint density at radius 1 is 1.40 bits per heavy atom. The summed E-state index contributed by atoms with van der Waals surface area (Å²) in [5, 5.41) is 7.20. The van der Waals surface area contributed by atoms with Crippen LogP contribution in [0.4, 0.5) is 5.95 Å². The lowest BCUT2D eigenvalue weighted by Gasteiger charge is -2.22. The maximum atomic E-state index is 12.6. The van der Waals surface area contributed by atoms with Gasteiger partial charge in [-0.15, -0.1) is 0 Å². The molecule has 0 aromatic carbocycles. The summed E-state index contributed by atoms with van der Waals surface area (Å²) < 4.78 is 5.29. The second kappa shape index (κ2) is 8.04. The van der Waals surface area contributed by atoms with Crippen LogP contribution in [0.25, 0.3) is 0 Å². The third-order valence-electron chi connectivity index (χ3n) is 4.24. The molecule has 1 atom stereocenters. The van der Waals surface area contributed by atoms with Crippen LogP contribution in [0.1, 0.15) is 63.2 Å². The quantitative estimate of drug-likeness (QED) is 0.771. The van der Waals surface area contributed by atoms with Gasteiger partial charge < -0.3 is 14.7 Å². The zero-order chi connectivity index (χ0) is 17.6. The summed E-state index contributed by atoms with van der Waals surface area (Å²) in [5.74, 6) is 2.17. The van der Waals surface area contributed by atoms with E-state index in [1.807, 2.05) is 18.7 Å². The van der Waals surface area contributed by atoms with Gasteiger partial charge in [0.15, 0.2) is 5.82 Å². The molecule has 1 aliphatic heterocycles. The van der Waals surface area contributed by atoms with Gasteiger partial charge in [0.1, 0.15) is 0 Å². The van der Waals surface area contributed by atoms with Crippen molar-refractivity contribution in [3.8, 4) is 0 Å². The highest BCUT2D eigenvalue weighted by Crippen LogP contribution is 2.31. The monoisotopic (exact) mass is 344 g/mol. The van der Waals surface area contributed by atoms with Gasteiger partial charge in [0.25, 0.3) is 0 Å². The van der Waals surface area contributed by atoms with Crippen molar-refractivity contribution < 1.29 is 9.32 Å². The number of amides is 1. The summed E-state index contributed by atoms with van der Waals surface area (Å²) in [7, 11) is 0. The molecule has 1 fully saturated rings. The minimum absolute atomic E-state index is 0.0610. The van der Waals surface area contributed by atoms with Crippen LogP contribution >= 0.6 is 0 Å². The van der Waals surface area contributed by atoms with Gasteiger partial charge in [0.05, 0.1) is 6.04 Å². The minimum atomic E-state index is -0.0610. The Morgan fingerprint density at radius 2 is 2.20 bits per heavy atom. The summed E-state index contributed by atoms with van der Waals surface area (Å²) in [6.45, 7) is 5.44. The summed E-state index contributed by atoms with van der Waals surface area (Å²) in [6.07, 6.45) is 6.43. The van der Waals surface area contributed by atoms with Gasteiger partial charge >= 0.3 is 0 Å². The number of nitrogens with zero attached hydrogens (tertiary/aromatic N) is 5. The molecule has 0 aliphatic carbocycles. The van der Waals surface area contributed by atoms with E-state index in [0.29, 0.717) is 30.6 Å². The number of carbonyl (C=O) groups excluding carboxylic acids is 1. The van der Waals surface area contributed by atoms with Gasteiger partial charge in [-0.25, -0.2) is 9.97 Å². The zero-order valence-electron chi connectivity index (χ0n) is 14.7. The van der Waals surface area contributed by atoms with Crippen LogP contribution in [0.3, 0.4) is 0 Å². The Labute approximate surface area is 147 Å². The topological polar surface area (TPSA) is 97.0 Å². The molecule has 1 saturated heterocycles. The van der Waals surface area contributed by atoms with Crippen molar-refractivity contribution in [3.63, 3.8) is 0 Å². The predicted molar refractivity (Wildman–Crippen MR) is 91.8 cm³/mol. The SMILES string of the molecule is CC(C)c1nc([C@@H]2CCCN2C(=O)CCCNc2ncccn2)no1. The first-order valence-corrected chi connectivity index (χ1v) is 8.79. The number of nitrogens with one attached hydrogen (secondary N) is 1. The second-order valence-electron chi connectivity index (χ2n) is 6.49. The molecule has 0 bridgehead atoms. The van der Waals surface area contributed by atoms with Gasteiger partial charge in [-0.2, -0.15) is 4.98 Å². The maximum absolute atomic E-state index is 12.6. The summed E-state index contributed by atoms with van der Waals surface area (Å²) in [4.78, 5) is 27.1. The van der Waals surface area contributed by atoms with Crippen LogP contribution in [0, 0.1) is 0 Å². The van der Waals surface area contributed by atoms with E-state index in [1.165, 1.54) is 0 Å². The molecule has 0 radical (unpaired) electrons. The van der Waals surface area contributed by atoms with E-state index in [2.05, 4.69) is 25.4 Å². The van der Waals surface area contributed by atoms with Crippen molar-refractivity contribution >= 4 is 11.9 Å². The molecule has 2 aromatic rings. The molecule has 0 unspecified atom stereocenters. The number of hydrogen-bond donors (Lipinski definition) is 1. The lowest BCUT2D eigenvalue weighted by molar-refractivity contribution is -0.132. The van der Waals surface area contributed by atoms with Crippen LogP contribution in [0.5, 0.6) is 0 Å². The molecule has 0 saturated carbocycles.